The average Bonchev–Trinajstić information content (AvgIpc) is 2.49. The summed E-state index contributed by atoms with van der Waals surface area (Å²) in [6, 6.07) is 12.7. The van der Waals surface area contributed by atoms with Crippen molar-refractivity contribution in [3.8, 4) is 0 Å². The van der Waals surface area contributed by atoms with E-state index in [2.05, 4.69) is 10.6 Å². The number of carboxylic acid groups (broad SMARTS) is 1. The number of amides is 2. The fourth-order valence-electron chi connectivity index (χ4n) is 1.68. The highest BCUT2D eigenvalue weighted by Gasteiger charge is 2.04. The van der Waals surface area contributed by atoms with E-state index in [4.69, 9.17) is 16.7 Å². The van der Waals surface area contributed by atoms with Crippen LogP contribution in [0.2, 0.25) is 5.02 Å². The van der Waals surface area contributed by atoms with E-state index in [1.165, 1.54) is 18.3 Å². The lowest BCUT2D eigenvalue weighted by Crippen LogP contribution is -2.23. The fourth-order valence-corrected chi connectivity index (χ4v) is 1.81. The van der Waals surface area contributed by atoms with Gasteiger partial charge in [-0.2, -0.15) is 0 Å². The number of hydrogen-bond acceptors (Lipinski definition) is 2. The van der Waals surface area contributed by atoms with Crippen LogP contribution in [-0.4, -0.2) is 17.1 Å². The maximum Gasteiger partial charge on any atom is 0.335 e. The molecule has 0 unspecified atom stereocenters. The maximum absolute atomic E-state index is 11.7. The summed E-state index contributed by atoms with van der Waals surface area (Å²) >= 11 is 5.78. The van der Waals surface area contributed by atoms with Gasteiger partial charge in [0.25, 0.3) is 0 Å². The molecule has 0 saturated heterocycles. The van der Waals surface area contributed by atoms with Crippen molar-refractivity contribution >= 4 is 35.4 Å². The standard InChI is InChI=1S/C16H13ClN2O3/c17-13-6-4-11(5-7-13)8-9-18-16(22)19-14-3-1-2-12(10-14)15(20)21/h1-10H,(H,20,21)(H2,18,19,22)/b9-8+. The lowest BCUT2D eigenvalue weighted by atomic mass is 10.2. The molecule has 0 atom stereocenters. The predicted molar refractivity (Wildman–Crippen MR) is 86.0 cm³/mol. The molecule has 0 aliphatic carbocycles. The second kappa shape index (κ2) is 7.28. The van der Waals surface area contributed by atoms with Crippen molar-refractivity contribution in [1.29, 1.82) is 0 Å². The molecule has 0 bridgehead atoms. The number of urea groups is 1. The normalized spacial score (nSPS) is 10.4. The van der Waals surface area contributed by atoms with Crippen molar-refractivity contribution in [1.82, 2.24) is 5.32 Å². The number of carbonyl (C=O) groups excluding carboxylic acids is 1. The SMILES string of the molecule is O=C(N/C=C/c1ccc(Cl)cc1)Nc1cccc(C(=O)O)c1. The van der Waals surface area contributed by atoms with Crippen molar-refractivity contribution in [2.75, 3.05) is 5.32 Å². The predicted octanol–water partition coefficient (Wildman–Crippen LogP) is 3.83. The van der Waals surface area contributed by atoms with Crippen LogP contribution in [0.15, 0.2) is 54.7 Å². The van der Waals surface area contributed by atoms with Gasteiger partial charge in [0, 0.05) is 16.9 Å². The van der Waals surface area contributed by atoms with E-state index in [-0.39, 0.29) is 5.56 Å². The van der Waals surface area contributed by atoms with Crippen LogP contribution in [0.4, 0.5) is 10.5 Å². The van der Waals surface area contributed by atoms with Crippen LogP contribution >= 0.6 is 11.6 Å². The van der Waals surface area contributed by atoms with Crippen LogP contribution in [-0.2, 0) is 0 Å². The van der Waals surface area contributed by atoms with Crippen LogP contribution in [0, 0.1) is 0 Å². The van der Waals surface area contributed by atoms with Gasteiger partial charge in [-0.1, -0.05) is 29.8 Å². The van der Waals surface area contributed by atoms with Gasteiger partial charge in [-0.25, -0.2) is 9.59 Å². The summed E-state index contributed by atoms with van der Waals surface area (Å²) in [5.74, 6) is -1.05. The number of anilines is 1. The lowest BCUT2D eigenvalue weighted by Gasteiger charge is -2.05. The topological polar surface area (TPSA) is 78.4 Å². The number of carbonyl (C=O) groups is 2. The first-order valence-corrected chi connectivity index (χ1v) is 6.75. The van der Waals surface area contributed by atoms with Gasteiger partial charge in [-0.3, -0.25) is 0 Å². The number of nitrogens with one attached hydrogen (secondary N) is 2. The van der Waals surface area contributed by atoms with Crippen molar-refractivity contribution < 1.29 is 14.7 Å². The molecule has 0 saturated carbocycles. The Kier molecular flexibility index (Phi) is 5.16. The van der Waals surface area contributed by atoms with Crippen LogP contribution in [0.25, 0.3) is 6.08 Å². The average molecular weight is 317 g/mol. The van der Waals surface area contributed by atoms with Gasteiger partial charge in [-0.15, -0.1) is 0 Å². The summed E-state index contributed by atoms with van der Waals surface area (Å²) < 4.78 is 0. The number of halogens is 1. The monoisotopic (exact) mass is 316 g/mol. The smallest absolute Gasteiger partial charge is 0.335 e. The number of rotatable bonds is 4. The number of hydrogen-bond donors (Lipinski definition) is 3. The summed E-state index contributed by atoms with van der Waals surface area (Å²) in [5, 5.41) is 14.6. The Morgan fingerprint density at radius 3 is 2.50 bits per heavy atom. The first-order chi connectivity index (χ1) is 10.5. The Bertz CT molecular complexity index is 712. The summed E-state index contributed by atoms with van der Waals surface area (Å²) in [4.78, 5) is 22.5. The van der Waals surface area contributed by atoms with Crippen molar-refractivity contribution in [3.63, 3.8) is 0 Å². The highest BCUT2D eigenvalue weighted by atomic mass is 35.5. The third-order valence-corrected chi connectivity index (χ3v) is 2.98. The molecular weight excluding hydrogens is 304 g/mol. The third kappa shape index (κ3) is 4.64. The van der Waals surface area contributed by atoms with Gasteiger partial charge in [0.05, 0.1) is 5.56 Å². The van der Waals surface area contributed by atoms with Gasteiger partial charge < -0.3 is 15.7 Å². The van der Waals surface area contributed by atoms with E-state index in [1.54, 1.807) is 30.3 Å². The molecule has 0 aliphatic heterocycles. The van der Waals surface area contributed by atoms with Gasteiger partial charge in [0.1, 0.15) is 0 Å². The van der Waals surface area contributed by atoms with E-state index in [0.717, 1.165) is 5.56 Å². The molecule has 0 fully saturated rings. The number of aromatic carboxylic acids is 1. The maximum atomic E-state index is 11.7. The first-order valence-electron chi connectivity index (χ1n) is 6.37. The molecule has 2 rings (SSSR count). The van der Waals surface area contributed by atoms with Gasteiger partial charge >= 0.3 is 12.0 Å². The molecule has 6 heteroatoms. The second-order valence-corrected chi connectivity index (χ2v) is 4.81. The highest BCUT2D eigenvalue weighted by molar-refractivity contribution is 6.30. The van der Waals surface area contributed by atoms with Crippen molar-refractivity contribution in [3.05, 3.63) is 70.9 Å². The summed E-state index contributed by atoms with van der Waals surface area (Å²) in [7, 11) is 0. The Labute approximate surface area is 132 Å². The highest BCUT2D eigenvalue weighted by Crippen LogP contribution is 2.11. The molecule has 2 amide bonds. The van der Waals surface area contributed by atoms with E-state index >= 15 is 0 Å². The molecular formula is C16H13ClN2O3. The number of benzene rings is 2. The van der Waals surface area contributed by atoms with Gasteiger partial charge in [0.2, 0.25) is 0 Å². The number of carboxylic acids is 1. The fraction of sp³-hybridized carbons (Fsp3) is 0. The van der Waals surface area contributed by atoms with E-state index < -0.39 is 12.0 Å². The zero-order chi connectivity index (χ0) is 15.9. The van der Waals surface area contributed by atoms with E-state index in [1.807, 2.05) is 12.1 Å². The van der Waals surface area contributed by atoms with Gasteiger partial charge in [0.15, 0.2) is 0 Å². The quantitative estimate of drug-likeness (QED) is 0.802. The molecule has 5 nitrogen and oxygen atoms in total. The van der Waals surface area contributed by atoms with E-state index in [0.29, 0.717) is 10.7 Å². The minimum atomic E-state index is -1.05. The summed E-state index contributed by atoms with van der Waals surface area (Å²) in [6.07, 6.45) is 3.20. The molecule has 0 aromatic heterocycles. The van der Waals surface area contributed by atoms with Crippen molar-refractivity contribution in [2.24, 2.45) is 0 Å². The van der Waals surface area contributed by atoms with Crippen LogP contribution in [0.1, 0.15) is 15.9 Å². The molecule has 2 aromatic carbocycles. The molecule has 2 aromatic rings. The Morgan fingerprint density at radius 2 is 1.82 bits per heavy atom. The molecule has 112 valence electrons. The minimum absolute atomic E-state index is 0.106. The largest absolute Gasteiger partial charge is 0.478 e. The molecule has 0 spiro atoms. The van der Waals surface area contributed by atoms with Crippen LogP contribution in [0.3, 0.4) is 0 Å². The summed E-state index contributed by atoms with van der Waals surface area (Å²) in [6.45, 7) is 0. The van der Waals surface area contributed by atoms with Gasteiger partial charge in [-0.05, 0) is 42.0 Å². The molecule has 0 radical (unpaired) electrons. The molecule has 3 N–H and O–H groups in total. The first kappa shape index (κ1) is 15.6. The van der Waals surface area contributed by atoms with Crippen molar-refractivity contribution in [2.45, 2.75) is 0 Å². The Morgan fingerprint density at radius 1 is 1.09 bits per heavy atom. The molecule has 22 heavy (non-hydrogen) atoms. The Balaban J connectivity index is 1.91. The minimum Gasteiger partial charge on any atom is -0.478 e. The Hall–Kier alpha value is -2.79. The van der Waals surface area contributed by atoms with Crippen LogP contribution < -0.4 is 10.6 Å². The zero-order valence-corrected chi connectivity index (χ0v) is 12.2. The third-order valence-electron chi connectivity index (χ3n) is 2.73. The van der Waals surface area contributed by atoms with E-state index in [9.17, 15) is 9.59 Å². The zero-order valence-electron chi connectivity index (χ0n) is 11.4. The lowest BCUT2D eigenvalue weighted by molar-refractivity contribution is 0.0697. The summed E-state index contributed by atoms with van der Waals surface area (Å²) in [5.41, 5.74) is 1.39. The second-order valence-electron chi connectivity index (χ2n) is 4.37. The van der Waals surface area contributed by atoms with Crippen LogP contribution in [0.5, 0.6) is 0 Å². The molecule has 0 heterocycles. The molecule has 0 aliphatic rings.